The number of halogens is 1. The van der Waals surface area contributed by atoms with E-state index in [4.69, 9.17) is 0 Å². The van der Waals surface area contributed by atoms with Gasteiger partial charge in [0.15, 0.2) is 0 Å². The fourth-order valence-corrected chi connectivity index (χ4v) is 2.41. The van der Waals surface area contributed by atoms with E-state index in [0.29, 0.717) is 12.1 Å². The first-order valence-corrected chi connectivity index (χ1v) is 4.98. The van der Waals surface area contributed by atoms with E-state index in [0.717, 1.165) is 13.1 Å². The predicted molar refractivity (Wildman–Crippen MR) is 55.9 cm³/mol. The predicted octanol–water partition coefficient (Wildman–Crippen LogP) is 0.218. The van der Waals surface area contributed by atoms with E-state index >= 15 is 0 Å². The van der Waals surface area contributed by atoms with Gasteiger partial charge in [0, 0.05) is 48.0 Å². The van der Waals surface area contributed by atoms with Crippen molar-refractivity contribution in [2.24, 2.45) is 0 Å². The molecule has 4 heteroatoms. The van der Waals surface area contributed by atoms with Gasteiger partial charge in [-0.15, -0.1) is 0 Å². The van der Waals surface area contributed by atoms with Crippen molar-refractivity contribution in [1.82, 2.24) is 13.7 Å². The number of piperidine rings is 1. The van der Waals surface area contributed by atoms with Crippen LogP contribution in [0.5, 0.6) is 0 Å². The quantitative estimate of drug-likeness (QED) is 0.554. The molecule has 1 heterocycles. The van der Waals surface area contributed by atoms with Crippen molar-refractivity contribution in [2.45, 2.75) is 18.5 Å². The first kappa shape index (κ1) is 9.70. The molecule has 0 aromatic rings. The van der Waals surface area contributed by atoms with Crippen molar-refractivity contribution in [3.05, 3.63) is 0 Å². The lowest BCUT2D eigenvalue weighted by Gasteiger charge is -2.33. The third-order valence-corrected chi connectivity index (χ3v) is 3.01. The van der Waals surface area contributed by atoms with Gasteiger partial charge in [-0.1, -0.05) is 0 Å². The summed E-state index contributed by atoms with van der Waals surface area (Å²) in [4.78, 5) is 0. The minimum Gasteiger partial charge on any atom is -0.316 e. The van der Waals surface area contributed by atoms with Crippen LogP contribution in [0, 0.1) is 0 Å². The van der Waals surface area contributed by atoms with Crippen LogP contribution in [0.4, 0.5) is 0 Å². The second-order valence-electron chi connectivity index (χ2n) is 3.03. The van der Waals surface area contributed by atoms with E-state index in [1.165, 1.54) is 6.42 Å². The van der Waals surface area contributed by atoms with Gasteiger partial charge in [-0.3, -0.25) is 0 Å². The second kappa shape index (κ2) is 4.59. The average Bonchev–Trinajstić information content (AvgIpc) is 2.03. The van der Waals surface area contributed by atoms with Gasteiger partial charge in [0.1, 0.15) is 0 Å². The maximum absolute atomic E-state index is 3.31. The van der Waals surface area contributed by atoms with E-state index in [1.807, 2.05) is 14.1 Å². The zero-order valence-corrected chi connectivity index (χ0v) is 9.26. The Morgan fingerprint density at radius 2 is 1.64 bits per heavy atom. The Morgan fingerprint density at radius 1 is 1.18 bits per heavy atom. The first-order chi connectivity index (χ1) is 5.26. The summed E-state index contributed by atoms with van der Waals surface area (Å²) in [6.07, 6.45) is 1.24. The molecular weight excluding hydrogens is 253 g/mol. The third kappa shape index (κ3) is 2.85. The smallest absolute Gasteiger partial charge is 0.0236 e. The molecule has 1 rings (SSSR count). The standard InChI is InChI=1S/C7H16IN3/c1-9-6-3-7(10-2)5-11(8)4-6/h6-7,9-10H,3-5H2,1-2H3. The summed E-state index contributed by atoms with van der Waals surface area (Å²) >= 11 is 2.39. The van der Waals surface area contributed by atoms with Crippen molar-refractivity contribution in [2.75, 3.05) is 27.2 Å². The summed E-state index contributed by atoms with van der Waals surface area (Å²) in [5.74, 6) is 0. The molecule has 0 saturated carbocycles. The molecule has 0 aliphatic carbocycles. The number of rotatable bonds is 2. The third-order valence-electron chi connectivity index (χ3n) is 2.22. The summed E-state index contributed by atoms with van der Waals surface area (Å²) < 4.78 is 2.34. The largest absolute Gasteiger partial charge is 0.316 e. The first-order valence-electron chi connectivity index (χ1n) is 4.01. The Balaban J connectivity index is 2.37. The molecule has 0 radical (unpaired) electrons. The molecule has 1 aliphatic heterocycles. The molecule has 0 aromatic carbocycles. The fraction of sp³-hybridized carbons (Fsp3) is 1.00. The topological polar surface area (TPSA) is 27.3 Å². The summed E-state index contributed by atoms with van der Waals surface area (Å²) in [5.41, 5.74) is 0. The highest BCUT2D eigenvalue weighted by atomic mass is 127. The summed E-state index contributed by atoms with van der Waals surface area (Å²) in [5, 5.41) is 6.62. The molecule has 3 nitrogen and oxygen atoms in total. The van der Waals surface area contributed by atoms with Crippen LogP contribution >= 0.6 is 22.9 Å². The van der Waals surface area contributed by atoms with Crippen molar-refractivity contribution in [1.29, 1.82) is 0 Å². The maximum Gasteiger partial charge on any atom is 0.0236 e. The number of nitrogens with one attached hydrogen (secondary N) is 2. The summed E-state index contributed by atoms with van der Waals surface area (Å²) in [6, 6.07) is 1.30. The van der Waals surface area contributed by atoms with Crippen LogP contribution in [-0.4, -0.2) is 42.4 Å². The number of hydrogen-bond acceptors (Lipinski definition) is 3. The van der Waals surface area contributed by atoms with Gasteiger partial charge >= 0.3 is 0 Å². The maximum atomic E-state index is 3.31. The van der Waals surface area contributed by atoms with Gasteiger partial charge in [0.05, 0.1) is 0 Å². The fourth-order valence-electron chi connectivity index (χ4n) is 1.46. The second-order valence-corrected chi connectivity index (χ2v) is 4.40. The van der Waals surface area contributed by atoms with E-state index in [9.17, 15) is 0 Å². The van der Waals surface area contributed by atoms with Crippen LogP contribution in [0.15, 0.2) is 0 Å². The van der Waals surface area contributed by atoms with Crippen molar-refractivity contribution >= 4 is 22.9 Å². The van der Waals surface area contributed by atoms with E-state index in [2.05, 4.69) is 36.6 Å². The lowest BCUT2D eigenvalue weighted by molar-refractivity contribution is 0.279. The van der Waals surface area contributed by atoms with Crippen LogP contribution in [0.1, 0.15) is 6.42 Å². The van der Waals surface area contributed by atoms with Crippen molar-refractivity contribution in [3.63, 3.8) is 0 Å². The molecule has 2 unspecified atom stereocenters. The summed E-state index contributed by atoms with van der Waals surface area (Å²) in [7, 11) is 4.07. The highest BCUT2D eigenvalue weighted by Crippen LogP contribution is 2.13. The highest BCUT2D eigenvalue weighted by molar-refractivity contribution is 14.1. The molecular formula is C7H16IN3. The number of likely N-dealkylation sites (N-methyl/N-ethyl adjacent to an activating group) is 2. The Hall–Kier alpha value is 0.610. The molecule has 1 fully saturated rings. The molecule has 11 heavy (non-hydrogen) atoms. The molecule has 0 aromatic heterocycles. The molecule has 0 amide bonds. The molecule has 1 saturated heterocycles. The number of hydrogen-bond donors (Lipinski definition) is 2. The van der Waals surface area contributed by atoms with Gasteiger partial charge in [-0.2, -0.15) is 0 Å². The van der Waals surface area contributed by atoms with Gasteiger partial charge in [0.2, 0.25) is 0 Å². The summed E-state index contributed by atoms with van der Waals surface area (Å²) in [6.45, 7) is 2.32. The molecule has 2 atom stereocenters. The van der Waals surface area contributed by atoms with Crippen LogP contribution in [-0.2, 0) is 0 Å². The molecule has 2 N–H and O–H groups in total. The average molecular weight is 269 g/mol. The van der Waals surface area contributed by atoms with Gasteiger partial charge in [0.25, 0.3) is 0 Å². The van der Waals surface area contributed by atoms with Crippen LogP contribution < -0.4 is 10.6 Å². The zero-order chi connectivity index (χ0) is 8.27. The van der Waals surface area contributed by atoms with E-state index in [-0.39, 0.29) is 0 Å². The lowest BCUT2D eigenvalue weighted by Crippen LogP contribution is -2.50. The van der Waals surface area contributed by atoms with Crippen LogP contribution in [0.2, 0.25) is 0 Å². The Bertz CT molecular complexity index is 108. The van der Waals surface area contributed by atoms with Gasteiger partial charge < -0.3 is 10.6 Å². The van der Waals surface area contributed by atoms with Crippen molar-refractivity contribution < 1.29 is 0 Å². The molecule has 66 valence electrons. The van der Waals surface area contributed by atoms with Gasteiger partial charge in [-0.25, -0.2) is 3.11 Å². The minimum atomic E-state index is 0.651. The monoisotopic (exact) mass is 269 g/mol. The van der Waals surface area contributed by atoms with E-state index < -0.39 is 0 Å². The van der Waals surface area contributed by atoms with Crippen molar-refractivity contribution in [3.8, 4) is 0 Å². The normalized spacial score (nSPS) is 34.1. The zero-order valence-electron chi connectivity index (χ0n) is 7.10. The lowest BCUT2D eigenvalue weighted by atomic mass is 10.0. The molecule has 0 bridgehead atoms. The number of nitrogens with zero attached hydrogens (tertiary/aromatic N) is 1. The molecule has 0 spiro atoms. The molecule has 1 aliphatic rings. The Labute approximate surface area is 82.4 Å². The van der Waals surface area contributed by atoms with Gasteiger partial charge in [-0.05, 0) is 20.5 Å². The Morgan fingerprint density at radius 3 is 2.00 bits per heavy atom. The van der Waals surface area contributed by atoms with Crippen LogP contribution in [0.3, 0.4) is 0 Å². The van der Waals surface area contributed by atoms with E-state index in [1.54, 1.807) is 0 Å². The Kier molecular flexibility index (Phi) is 4.05. The highest BCUT2D eigenvalue weighted by Gasteiger charge is 2.23. The van der Waals surface area contributed by atoms with Crippen LogP contribution in [0.25, 0.3) is 0 Å². The minimum absolute atomic E-state index is 0.651. The SMILES string of the molecule is CNC1CC(NC)CN(I)C1.